The first-order valence-corrected chi connectivity index (χ1v) is 10.9. The van der Waals surface area contributed by atoms with Crippen molar-refractivity contribution in [3.05, 3.63) is 16.5 Å². The summed E-state index contributed by atoms with van der Waals surface area (Å²) in [4.78, 5) is 12.6. The third kappa shape index (κ3) is 4.71. The van der Waals surface area contributed by atoms with Crippen LogP contribution in [-0.4, -0.2) is 37.3 Å². The van der Waals surface area contributed by atoms with Gasteiger partial charge in [0, 0.05) is 12.6 Å². The van der Waals surface area contributed by atoms with E-state index >= 15 is 0 Å². The largest absolute Gasteiger partial charge is 0.352 e. The summed E-state index contributed by atoms with van der Waals surface area (Å²) in [6.45, 7) is 6.63. The summed E-state index contributed by atoms with van der Waals surface area (Å²) in [5, 5.41) is 2.97. The van der Waals surface area contributed by atoms with Gasteiger partial charge in [-0.1, -0.05) is 25.4 Å². The van der Waals surface area contributed by atoms with Crippen LogP contribution in [0.5, 0.6) is 0 Å². The fourth-order valence-corrected chi connectivity index (χ4v) is 6.10. The third-order valence-electron chi connectivity index (χ3n) is 4.18. The minimum absolute atomic E-state index is 0.0428. The number of thiophene rings is 1. The molecule has 0 radical (unpaired) electrons. The lowest BCUT2D eigenvalue weighted by atomic mass is 10.0. The van der Waals surface area contributed by atoms with Crippen LogP contribution < -0.4 is 5.32 Å². The van der Waals surface area contributed by atoms with Crippen molar-refractivity contribution in [3.8, 4) is 0 Å². The van der Waals surface area contributed by atoms with E-state index in [0.717, 1.165) is 24.2 Å². The Balaban J connectivity index is 2.05. The molecule has 2 atom stereocenters. The molecule has 136 valence electrons. The molecular weight excluding hydrogens is 368 g/mol. The zero-order valence-corrected chi connectivity index (χ0v) is 16.7. The molecule has 1 N–H and O–H groups in total. The highest BCUT2D eigenvalue weighted by molar-refractivity contribution is 7.91. The van der Waals surface area contributed by atoms with Gasteiger partial charge < -0.3 is 5.32 Å². The number of sulfonamides is 1. The van der Waals surface area contributed by atoms with E-state index in [1.165, 1.54) is 10.4 Å². The van der Waals surface area contributed by atoms with Gasteiger partial charge in [-0.05, 0) is 50.7 Å². The van der Waals surface area contributed by atoms with Gasteiger partial charge in [0.15, 0.2) is 0 Å². The molecule has 0 bridgehead atoms. The van der Waals surface area contributed by atoms with Crippen LogP contribution in [0.4, 0.5) is 0 Å². The molecule has 2 rings (SSSR count). The lowest BCUT2D eigenvalue weighted by Gasteiger charge is -2.24. The van der Waals surface area contributed by atoms with Crippen molar-refractivity contribution >= 4 is 38.9 Å². The molecule has 1 aromatic rings. The number of nitrogens with zero attached hydrogens (tertiary/aromatic N) is 1. The quantitative estimate of drug-likeness (QED) is 0.772. The Morgan fingerprint density at radius 2 is 2.08 bits per heavy atom. The highest BCUT2D eigenvalue weighted by atomic mass is 35.5. The number of halogens is 1. The molecule has 0 aliphatic carbocycles. The van der Waals surface area contributed by atoms with E-state index < -0.39 is 16.1 Å². The van der Waals surface area contributed by atoms with E-state index in [9.17, 15) is 13.2 Å². The van der Waals surface area contributed by atoms with E-state index in [1.54, 1.807) is 6.07 Å². The summed E-state index contributed by atoms with van der Waals surface area (Å²) in [6, 6.07) is 2.48. The van der Waals surface area contributed by atoms with Gasteiger partial charge in [0.1, 0.15) is 10.3 Å². The highest BCUT2D eigenvalue weighted by Crippen LogP contribution is 2.32. The predicted molar refractivity (Wildman–Crippen MR) is 97.9 cm³/mol. The summed E-state index contributed by atoms with van der Waals surface area (Å²) in [6.07, 6.45) is 3.17. The Morgan fingerprint density at radius 1 is 1.38 bits per heavy atom. The smallest absolute Gasteiger partial charge is 0.253 e. The normalized spacial score (nSPS) is 20.5. The van der Waals surface area contributed by atoms with Gasteiger partial charge in [0.2, 0.25) is 5.91 Å². The highest BCUT2D eigenvalue weighted by Gasteiger charge is 2.40. The lowest BCUT2D eigenvalue weighted by Crippen LogP contribution is -2.48. The first kappa shape index (κ1) is 19.7. The zero-order chi connectivity index (χ0) is 17.9. The van der Waals surface area contributed by atoms with Gasteiger partial charge in [-0.15, -0.1) is 11.3 Å². The second-order valence-electron chi connectivity index (χ2n) is 6.71. The molecule has 2 heterocycles. The SMILES string of the molecule is CC(C)CC[C@H](C)NC(=O)[C@H]1CCCN1S(=O)(=O)c1ccc(Cl)s1. The lowest BCUT2D eigenvalue weighted by molar-refractivity contribution is -0.124. The zero-order valence-electron chi connectivity index (χ0n) is 14.3. The molecule has 8 heteroatoms. The van der Waals surface area contributed by atoms with Gasteiger partial charge in [0.25, 0.3) is 10.0 Å². The van der Waals surface area contributed by atoms with Crippen molar-refractivity contribution in [1.82, 2.24) is 9.62 Å². The molecule has 0 aromatic carbocycles. The van der Waals surface area contributed by atoms with Crippen LogP contribution in [0.15, 0.2) is 16.3 Å². The van der Waals surface area contributed by atoms with Crippen molar-refractivity contribution in [3.63, 3.8) is 0 Å². The third-order valence-corrected chi connectivity index (χ3v) is 7.79. The second-order valence-corrected chi connectivity index (χ2v) is 10.5. The van der Waals surface area contributed by atoms with Crippen LogP contribution in [0.1, 0.15) is 46.5 Å². The first-order chi connectivity index (χ1) is 11.2. The Hall–Kier alpha value is -0.630. The van der Waals surface area contributed by atoms with Crippen molar-refractivity contribution in [1.29, 1.82) is 0 Å². The standard InChI is InChI=1S/C16H25ClN2O3S2/c1-11(2)6-7-12(3)18-16(20)13-5-4-10-19(13)24(21,22)15-9-8-14(17)23-15/h8-9,11-13H,4-7,10H2,1-3H3,(H,18,20)/t12-,13+/m0/s1. The van der Waals surface area contributed by atoms with Crippen molar-refractivity contribution < 1.29 is 13.2 Å². The summed E-state index contributed by atoms with van der Waals surface area (Å²) < 4.78 is 27.5. The molecule has 1 aliphatic heterocycles. The molecule has 1 amide bonds. The van der Waals surface area contributed by atoms with E-state index in [1.807, 2.05) is 6.92 Å². The number of carbonyl (C=O) groups is 1. The molecule has 1 saturated heterocycles. The van der Waals surface area contributed by atoms with E-state index in [2.05, 4.69) is 19.2 Å². The van der Waals surface area contributed by atoms with Crippen molar-refractivity contribution in [2.45, 2.75) is 62.7 Å². The first-order valence-electron chi connectivity index (χ1n) is 8.29. The summed E-state index contributed by atoms with van der Waals surface area (Å²) in [5.41, 5.74) is 0. The maximum absolute atomic E-state index is 12.8. The van der Waals surface area contributed by atoms with Crippen LogP contribution >= 0.6 is 22.9 Å². The summed E-state index contributed by atoms with van der Waals surface area (Å²) >= 11 is 6.88. The second kappa shape index (κ2) is 8.17. The molecule has 0 unspecified atom stereocenters. The average molecular weight is 393 g/mol. The number of carbonyl (C=O) groups excluding carboxylic acids is 1. The molecular formula is C16H25ClN2O3S2. The van der Waals surface area contributed by atoms with E-state index in [-0.39, 0.29) is 16.2 Å². The Kier molecular flexibility index (Phi) is 6.70. The Bertz CT molecular complexity index is 673. The van der Waals surface area contributed by atoms with E-state index in [4.69, 9.17) is 11.6 Å². The van der Waals surface area contributed by atoms with Crippen molar-refractivity contribution in [2.75, 3.05) is 6.54 Å². The Labute approximate surface area is 153 Å². The molecule has 1 aliphatic rings. The maximum Gasteiger partial charge on any atom is 0.253 e. The number of hydrogen-bond acceptors (Lipinski definition) is 4. The fourth-order valence-electron chi connectivity index (χ4n) is 2.84. The maximum atomic E-state index is 12.8. The van der Waals surface area contributed by atoms with Crippen LogP contribution in [-0.2, 0) is 14.8 Å². The number of nitrogens with one attached hydrogen (secondary N) is 1. The van der Waals surface area contributed by atoms with Crippen LogP contribution in [0, 0.1) is 5.92 Å². The molecule has 5 nitrogen and oxygen atoms in total. The van der Waals surface area contributed by atoms with Gasteiger partial charge >= 0.3 is 0 Å². The monoisotopic (exact) mass is 392 g/mol. The summed E-state index contributed by atoms with van der Waals surface area (Å²) in [7, 11) is -3.67. The van der Waals surface area contributed by atoms with Gasteiger partial charge in [-0.3, -0.25) is 4.79 Å². The number of hydrogen-bond donors (Lipinski definition) is 1. The van der Waals surface area contributed by atoms with Gasteiger partial charge in [-0.2, -0.15) is 4.31 Å². The number of amides is 1. The van der Waals surface area contributed by atoms with E-state index in [0.29, 0.717) is 29.6 Å². The van der Waals surface area contributed by atoms with Crippen LogP contribution in [0.25, 0.3) is 0 Å². The minimum Gasteiger partial charge on any atom is -0.352 e. The topological polar surface area (TPSA) is 66.5 Å². The number of rotatable bonds is 7. The van der Waals surface area contributed by atoms with Crippen LogP contribution in [0.2, 0.25) is 4.34 Å². The predicted octanol–water partition coefficient (Wildman–Crippen LogP) is 3.50. The van der Waals surface area contributed by atoms with Crippen LogP contribution in [0.3, 0.4) is 0 Å². The Morgan fingerprint density at radius 3 is 2.67 bits per heavy atom. The average Bonchev–Trinajstić information content (AvgIpc) is 3.14. The fraction of sp³-hybridized carbons (Fsp3) is 0.688. The molecule has 1 fully saturated rings. The minimum atomic E-state index is -3.67. The molecule has 24 heavy (non-hydrogen) atoms. The van der Waals surface area contributed by atoms with Crippen molar-refractivity contribution in [2.24, 2.45) is 5.92 Å². The molecule has 0 spiro atoms. The van der Waals surface area contributed by atoms with Gasteiger partial charge in [0.05, 0.1) is 4.34 Å². The summed E-state index contributed by atoms with van der Waals surface area (Å²) in [5.74, 6) is 0.381. The molecule has 0 saturated carbocycles. The molecule has 1 aromatic heterocycles. The van der Waals surface area contributed by atoms with Gasteiger partial charge in [-0.25, -0.2) is 8.42 Å².